The summed E-state index contributed by atoms with van der Waals surface area (Å²) < 4.78 is 13.7. The predicted octanol–water partition coefficient (Wildman–Crippen LogP) is 7.97. The number of amides is 1. The van der Waals surface area contributed by atoms with Gasteiger partial charge in [0.1, 0.15) is 12.4 Å². The zero-order valence-corrected chi connectivity index (χ0v) is 24.9. The van der Waals surface area contributed by atoms with Gasteiger partial charge in [0, 0.05) is 34.3 Å². The molecule has 0 aliphatic carbocycles. The quantitative estimate of drug-likeness (QED) is 0.140. The number of aliphatic imine (C=N–C) groups is 1. The first kappa shape index (κ1) is 28.7. The Hall–Kier alpha value is -3.78. The average Bonchev–Trinajstić information content (AvgIpc) is 3.42. The lowest BCUT2D eigenvalue weighted by Gasteiger charge is -2.15. The summed E-state index contributed by atoms with van der Waals surface area (Å²) in [6.07, 6.45) is 1.97. The maximum atomic E-state index is 13.5. The number of aryl methyl sites for hydroxylation is 1. The van der Waals surface area contributed by atoms with Crippen molar-refractivity contribution in [3.63, 3.8) is 0 Å². The maximum absolute atomic E-state index is 13.5. The fourth-order valence-corrected chi connectivity index (χ4v) is 5.85. The van der Waals surface area contributed by atoms with E-state index in [4.69, 9.17) is 26.1 Å². The van der Waals surface area contributed by atoms with Crippen LogP contribution in [0.5, 0.6) is 5.75 Å². The van der Waals surface area contributed by atoms with Crippen LogP contribution < -0.4 is 4.74 Å². The molecule has 0 atom stereocenters. The van der Waals surface area contributed by atoms with Crippen molar-refractivity contribution in [1.29, 1.82) is 0 Å². The van der Waals surface area contributed by atoms with Crippen LogP contribution in [-0.4, -0.2) is 40.3 Å². The Labute approximate surface area is 250 Å². The molecule has 1 aromatic heterocycles. The number of halogens is 1. The Morgan fingerprint density at radius 1 is 0.976 bits per heavy atom. The molecule has 0 bridgehead atoms. The van der Waals surface area contributed by atoms with E-state index in [0.29, 0.717) is 41.5 Å². The van der Waals surface area contributed by atoms with Crippen LogP contribution in [-0.2, 0) is 16.1 Å². The van der Waals surface area contributed by atoms with E-state index in [1.165, 1.54) is 11.8 Å². The van der Waals surface area contributed by atoms with Gasteiger partial charge < -0.3 is 14.0 Å². The minimum absolute atomic E-state index is 0.0609. The molecule has 210 valence electrons. The molecule has 1 saturated heterocycles. The SMILES string of the molecule is CCOCCN1C(=O)/C(=C/c2cc(C)n(-c3ccc(OCc4ccccc4Cl)cc3)c2C)SC1=Nc1ccccc1. The van der Waals surface area contributed by atoms with Crippen LogP contribution in [0.25, 0.3) is 11.8 Å². The van der Waals surface area contributed by atoms with Crippen LogP contribution in [0.2, 0.25) is 5.02 Å². The molecule has 4 aromatic rings. The molecule has 8 heteroatoms. The number of carbonyl (C=O) groups excluding carboxylic acids is 1. The van der Waals surface area contributed by atoms with Crippen molar-refractivity contribution < 1.29 is 14.3 Å². The van der Waals surface area contributed by atoms with Gasteiger partial charge in [-0.15, -0.1) is 0 Å². The van der Waals surface area contributed by atoms with Crippen molar-refractivity contribution in [3.05, 3.63) is 117 Å². The normalized spacial score (nSPS) is 15.3. The molecule has 0 spiro atoms. The number of hydrogen-bond acceptors (Lipinski definition) is 5. The minimum Gasteiger partial charge on any atom is -0.489 e. The summed E-state index contributed by atoms with van der Waals surface area (Å²) in [6.45, 7) is 7.99. The Balaban J connectivity index is 1.37. The van der Waals surface area contributed by atoms with Gasteiger partial charge in [0.05, 0.1) is 23.7 Å². The predicted molar refractivity (Wildman–Crippen MR) is 168 cm³/mol. The zero-order chi connectivity index (χ0) is 28.8. The third kappa shape index (κ3) is 6.76. The van der Waals surface area contributed by atoms with Gasteiger partial charge in [-0.2, -0.15) is 0 Å². The third-order valence-electron chi connectivity index (χ3n) is 6.74. The Bertz CT molecular complexity index is 1580. The van der Waals surface area contributed by atoms with Gasteiger partial charge >= 0.3 is 0 Å². The van der Waals surface area contributed by atoms with Crippen LogP contribution in [0.1, 0.15) is 29.4 Å². The number of ether oxygens (including phenoxy) is 2. The van der Waals surface area contributed by atoms with E-state index in [1.807, 2.05) is 91.9 Å². The van der Waals surface area contributed by atoms with E-state index >= 15 is 0 Å². The van der Waals surface area contributed by atoms with Gasteiger partial charge in [-0.25, -0.2) is 4.99 Å². The minimum atomic E-state index is -0.0609. The highest BCUT2D eigenvalue weighted by Gasteiger charge is 2.33. The van der Waals surface area contributed by atoms with E-state index in [-0.39, 0.29) is 5.91 Å². The van der Waals surface area contributed by atoms with E-state index < -0.39 is 0 Å². The number of benzene rings is 3. The number of amidine groups is 1. The summed E-state index contributed by atoms with van der Waals surface area (Å²) in [5.41, 5.74) is 5.87. The molecule has 41 heavy (non-hydrogen) atoms. The highest BCUT2D eigenvalue weighted by molar-refractivity contribution is 8.18. The molecular weight excluding hydrogens is 554 g/mol. The molecule has 0 radical (unpaired) electrons. The highest BCUT2D eigenvalue weighted by atomic mass is 35.5. The van der Waals surface area contributed by atoms with Crippen LogP contribution in [0.4, 0.5) is 5.69 Å². The zero-order valence-electron chi connectivity index (χ0n) is 23.3. The molecule has 0 unspecified atom stereocenters. The molecule has 3 aromatic carbocycles. The van der Waals surface area contributed by atoms with Gasteiger partial charge in [0.2, 0.25) is 0 Å². The van der Waals surface area contributed by atoms with Gasteiger partial charge in [-0.3, -0.25) is 9.69 Å². The number of para-hydroxylation sites is 1. The molecule has 0 saturated carbocycles. The van der Waals surface area contributed by atoms with Gasteiger partial charge in [-0.05, 0) is 92.7 Å². The Morgan fingerprint density at radius 3 is 2.44 bits per heavy atom. The van der Waals surface area contributed by atoms with Crippen molar-refractivity contribution >= 4 is 46.2 Å². The lowest BCUT2D eigenvalue weighted by atomic mass is 10.2. The van der Waals surface area contributed by atoms with Crippen molar-refractivity contribution in [3.8, 4) is 11.4 Å². The summed E-state index contributed by atoms with van der Waals surface area (Å²) in [5.74, 6) is 0.706. The number of thioether (sulfide) groups is 1. The lowest BCUT2D eigenvalue weighted by Crippen LogP contribution is -2.32. The molecule has 2 heterocycles. The molecule has 5 rings (SSSR count). The summed E-state index contributed by atoms with van der Waals surface area (Å²) in [6, 6.07) is 27.5. The second kappa shape index (κ2) is 13.3. The maximum Gasteiger partial charge on any atom is 0.266 e. The number of rotatable bonds is 10. The monoisotopic (exact) mass is 585 g/mol. The smallest absolute Gasteiger partial charge is 0.266 e. The summed E-state index contributed by atoms with van der Waals surface area (Å²) >= 11 is 7.66. The first-order valence-electron chi connectivity index (χ1n) is 13.5. The van der Waals surface area contributed by atoms with E-state index in [9.17, 15) is 4.79 Å². The number of hydrogen-bond donors (Lipinski definition) is 0. The fourth-order valence-electron chi connectivity index (χ4n) is 4.64. The van der Waals surface area contributed by atoms with Crippen molar-refractivity contribution in [2.75, 3.05) is 19.8 Å². The van der Waals surface area contributed by atoms with E-state index in [0.717, 1.165) is 39.6 Å². The number of aromatic nitrogens is 1. The summed E-state index contributed by atoms with van der Waals surface area (Å²) in [7, 11) is 0. The van der Waals surface area contributed by atoms with Gasteiger partial charge in [0.25, 0.3) is 5.91 Å². The largest absolute Gasteiger partial charge is 0.489 e. The van der Waals surface area contributed by atoms with Crippen LogP contribution in [0.15, 0.2) is 94.8 Å². The molecular formula is C33H32ClN3O3S. The third-order valence-corrected chi connectivity index (χ3v) is 8.11. The molecule has 1 aliphatic heterocycles. The van der Waals surface area contributed by atoms with E-state index in [2.05, 4.69) is 24.5 Å². The number of carbonyl (C=O) groups is 1. The first-order valence-corrected chi connectivity index (χ1v) is 14.7. The van der Waals surface area contributed by atoms with Crippen LogP contribution >= 0.6 is 23.4 Å². The molecule has 1 aliphatic rings. The van der Waals surface area contributed by atoms with Crippen LogP contribution in [0, 0.1) is 13.8 Å². The van der Waals surface area contributed by atoms with E-state index in [1.54, 1.807) is 4.90 Å². The first-order chi connectivity index (χ1) is 19.9. The fraction of sp³-hybridized carbons (Fsp3) is 0.212. The summed E-state index contributed by atoms with van der Waals surface area (Å²) in [5, 5.41) is 1.35. The molecule has 6 nitrogen and oxygen atoms in total. The standard InChI is InChI=1S/C33H32ClN3O3S/c1-4-39-19-18-36-32(38)31(41-33(36)35-27-11-6-5-7-12-27)21-26-20-23(2)37(24(26)3)28-14-16-29(17-15-28)40-22-25-10-8-9-13-30(25)34/h5-17,20-21H,4,18-19,22H2,1-3H3/b31-21-,35-33?. The molecule has 1 fully saturated rings. The lowest BCUT2D eigenvalue weighted by molar-refractivity contribution is -0.122. The topological polar surface area (TPSA) is 56.1 Å². The summed E-state index contributed by atoms with van der Waals surface area (Å²) in [4.78, 5) is 20.6. The van der Waals surface area contributed by atoms with Gasteiger partial charge in [0.15, 0.2) is 5.17 Å². The average molecular weight is 586 g/mol. The van der Waals surface area contributed by atoms with Crippen molar-refractivity contribution in [2.24, 2.45) is 4.99 Å². The highest BCUT2D eigenvalue weighted by Crippen LogP contribution is 2.35. The second-order valence-electron chi connectivity index (χ2n) is 9.53. The second-order valence-corrected chi connectivity index (χ2v) is 10.9. The van der Waals surface area contributed by atoms with Crippen molar-refractivity contribution in [2.45, 2.75) is 27.4 Å². The van der Waals surface area contributed by atoms with Crippen molar-refractivity contribution in [1.82, 2.24) is 9.47 Å². The molecule has 1 amide bonds. The Morgan fingerprint density at radius 2 is 1.71 bits per heavy atom. The Kier molecular flexibility index (Phi) is 9.29. The molecule has 0 N–H and O–H groups in total. The van der Waals surface area contributed by atoms with Gasteiger partial charge in [-0.1, -0.05) is 48.0 Å². The van der Waals surface area contributed by atoms with Crippen LogP contribution in [0.3, 0.4) is 0 Å². The number of nitrogens with zero attached hydrogens (tertiary/aromatic N) is 3.